The van der Waals surface area contributed by atoms with E-state index in [9.17, 15) is 10.1 Å². The first kappa shape index (κ1) is 17.8. The van der Waals surface area contributed by atoms with Crippen LogP contribution >= 0.6 is 11.6 Å². The lowest BCUT2D eigenvalue weighted by molar-refractivity contribution is -0.118. The number of rotatable bonds is 6. The molecule has 3 rings (SSSR count). The number of hydrogen-bond acceptors (Lipinski definition) is 3. The lowest BCUT2D eigenvalue weighted by Crippen LogP contribution is -2.31. The number of hydrogen-bond donors (Lipinski definition) is 0. The van der Waals surface area contributed by atoms with Crippen molar-refractivity contribution < 1.29 is 9.21 Å². The van der Waals surface area contributed by atoms with Crippen molar-refractivity contribution in [2.24, 2.45) is 0 Å². The molecule has 1 heterocycles. The third kappa shape index (κ3) is 4.33. The number of benzene rings is 2. The average molecular weight is 365 g/mol. The monoisotopic (exact) mass is 364 g/mol. The van der Waals surface area contributed by atoms with E-state index in [0.717, 1.165) is 11.3 Å². The number of carbonyl (C=O) groups is 1. The van der Waals surface area contributed by atoms with E-state index in [1.165, 1.54) is 0 Å². The van der Waals surface area contributed by atoms with Gasteiger partial charge in [-0.15, -0.1) is 0 Å². The summed E-state index contributed by atoms with van der Waals surface area (Å²) in [5, 5.41) is 9.92. The van der Waals surface area contributed by atoms with Crippen LogP contribution in [0.15, 0.2) is 71.3 Å². The highest BCUT2D eigenvalue weighted by atomic mass is 35.5. The molecule has 0 fully saturated rings. The number of carbonyl (C=O) groups excluding carboxylic acids is 1. The Morgan fingerprint density at radius 2 is 1.92 bits per heavy atom. The number of halogens is 1. The molecule has 0 bridgehead atoms. The Balaban J connectivity index is 1.90. The van der Waals surface area contributed by atoms with E-state index in [2.05, 4.69) is 6.07 Å². The van der Waals surface area contributed by atoms with E-state index in [1.54, 1.807) is 35.4 Å². The molecule has 2 aromatic carbocycles. The van der Waals surface area contributed by atoms with Crippen LogP contribution in [0.5, 0.6) is 0 Å². The molecule has 0 saturated heterocycles. The molecule has 0 aliphatic rings. The molecule has 0 radical (unpaired) electrons. The molecule has 0 aliphatic carbocycles. The quantitative estimate of drug-likeness (QED) is 0.620. The van der Waals surface area contributed by atoms with E-state index in [-0.39, 0.29) is 12.3 Å². The summed E-state index contributed by atoms with van der Waals surface area (Å²) in [7, 11) is 0. The zero-order valence-corrected chi connectivity index (χ0v) is 14.8. The maximum absolute atomic E-state index is 13.0. The molecule has 3 aromatic rings. The number of nitriles is 1. The van der Waals surface area contributed by atoms with E-state index in [0.29, 0.717) is 29.2 Å². The van der Waals surface area contributed by atoms with Crippen LogP contribution in [0.25, 0.3) is 0 Å². The van der Waals surface area contributed by atoms with Crippen LogP contribution in [0.4, 0.5) is 5.69 Å². The summed E-state index contributed by atoms with van der Waals surface area (Å²) in [6.07, 6.45) is 2.36. The number of amides is 1. The zero-order chi connectivity index (χ0) is 18.4. The SMILES string of the molecule is N#Cc1ccc(Cl)cc1N(Cc1ccccc1)C(=O)CCc1ccco1. The van der Waals surface area contributed by atoms with E-state index in [4.69, 9.17) is 16.0 Å². The van der Waals surface area contributed by atoms with Gasteiger partial charge in [-0.3, -0.25) is 4.79 Å². The molecule has 0 N–H and O–H groups in total. The van der Waals surface area contributed by atoms with Crippen molar-refractivity contribution in [3.05, 3.63) is 88.8 Å². The first-order valence-electron chi connectivity index (χ1n) is 8.23. The fourth-order valence-electron chi connectivity index (χ4n) is 2.72. The largest absolute Gasteiger partial charge is 0.469 e. The van der Waals surface area contributed by atoms with Gasteiger partial charge in [-0.1, -0.05) is 41.9 Å². The van der Waals surface area contributed by atoms with Crippen LogP contribution in [-0.2, 0) is 17.8 Å². The van der Waals surface area contributed by atoms with Crippen molar-refractivity contribution in [3.63, 3.8) is 0 Å². The smallest absolute Gasteiger partial charge is 0.227 e. The Bertz CT molecular complexity index is 915. The van der Waals surface area contributed by atoms with Crippen molar-refractivity contribution in [2.75, 3.05) is 4.90 Å². The summed E-state index contributed by atoms with van der Waals surface area (Å²) < 4.78 is 5.31. The molecule has 26 heavy (non-hydrogen) atoms. The van der Waals surface area contributed by atoms with Gasteiger partial charge in [0.1, 0.15) is 11.8 Å². The van der Waals surface area contributed by atoms with Gasteiger partial charge >= 0.3 is 0 Å². The molecule has 0 atom stereocenters. The van der Waals surface area contributed by atoms with Crippen molar-refractivity contribution >= 4 is 23.2 Å². The summed E-state index contributed by atoms with van der Waals surface area (Å²) >= 11 is 6.12. The third-order valence-corrected chi connectivity index (χ3v) is 4.26. The van der Waals surface area contributed by atoms with Crippen LogP contribution in [0.2, 0.25) is 5.02 Å². The molecular weight excluding hydrogens is 348 g/mol. The van der Waals surface area contributed by atoms with Crippen LogP contribution < -0.4 is 4.90 Å². The van der Waals surface area contributed by atoms with Crippen LogP contribution in [0.1, 0.15) is 23.3 Å². The Hall–Kier alpha value is -3.03. The molecule has 0 saturated carbocycles. The van der Waals surface area contributed by atoms with E-state index >= 15 is 0 Å². The summed E-state index contributed by atoms with van der Waals surface area (Å²) in [6, 6.07) is 20.4. The highest BCUT2D eigenvalue weighted by Gasteiger charge is 2.20. The Morgan fingerprint density at radius 3 is 2.62 bits per heavy atom. The first-order chi connectivity index (χ1) is 12.7. The summed E-state index contributed by atoms with van der Waals surface area (Å²) in [5.74, 6) is 0.661. The topological polar surface area (TPSA) is 57.2 Å². The highest BCUT2D eigenvalue weighted by molar-refractivity contribution is 6.31. The molecular formula is C21H17ClN2O2. The van der Waals surface area contributed by atoms with Gasteiger partial charge in [-0.05, 0) is 35.9 Å². The number of aryl methyl sites for hydroxylation is 1. The molecule has 1 aromatic heterocycles. The van der Waals surface area contributed by atoms with Crippen LogP contribution in [0.3, 0.4) is 0 Å². The van der Waals surface area contributed by atoms with Crippen molar-refractivity contribution in [2.45, 2.75) is 19.4 Å². The zero-order valence-electron chi connectivity index (χ0n) is 14.1. The molecule has 1 amide bonds. The van der Waals surface area contributed by atoms with Crippen molar-refractivity contribution in [3.8, 4) is 6.07 Å². The molecule has 130 valence electrons. The third-order valence-electron chi connectivity index (χ3n) is 4.02. The standard InChI is InChI=1S/C21H17ClN2O2/c22-18-9-8-17(14-23)20(13-18)24(15-16-5-2-1-3-6-16)21(25)11-10-19-7-4-12-26-19/h1-9,12-13H,10-11,15H2. The van der Waals surface area contributed by atoms with E-state index in [1.807, 2.05) is 36.4 Å². The van der Waals surface area contributed by atoms with Gasteiger partial charge in [0.25, 0.3) is 0 Å². The second-order valence-electron chi connectivity index (χ2n) is 5.82. The molecule has 4 nitrogen and oxygen atoms in total. The second kappa shape index (κ2) is 8.37. The molecule has 0 aliphatic heterocycles. The number of furan rings is 1. The van der Waals surface area contributed by atoms with Gasteiger partial charge < -0.3 is 9.32 Å². The summed E-state index contributed by atoms with van der Waals surface area (Å²) in [6.45, 7) is 0.368. The normalized spacial score (nSPS) is 10.3. The predicted molar refractivity (Wildman–Crippen MR) is 101 cm³/mol. The average Bonchev–Trinajstić information content (AvgIpc) is 3.18. The van der Waals surface area contributed by atoms with Gasteiger partial charge in [0, 0.05) is 17.9 Å². The van der Waals surface area contributed by atoms with E-state index < -0.39 is 0 Å². The maximum Gasteiger partial charge on any atom is 0.227 e. The molecule has 0 unspecified atom stereocenters. The summed E-state index contributed by atoms with van der Waals surface area (Å²) in [5.41, 5.74) is 1.91. The van der Waals surface area contributed by atoms with Crippen LogP contribution in [-0.4, -0.2) is 5.91 Å². The minimum absolute atomic E-state index is 0.0935. The minimum atomic E-state index is -0.0935. The van der Waals surface area contributed by atoms with Crippen LogP contribution in [0, 0.1) is 11.3 Å². The van der Waals surface area contributed by atoms with Gasteiger partial charge in [-0.2, -0.15) is 5.26 Å². The lowest BCUT2D eigenvalue weighted by Gasteiger charge is -2.24. The highest BCUT2D eigenvalue weighted by Crippen LogP contribution is 2.27. The predicted octanol–water partition coefficient (Wildman–Crippen LogP) is 4.97. The molecule has 0 spiro atoms. The summed E-state index contributed by atoms with van der Waals surface area (Å²) in [4.78, 5) is 14.6. The van der Waals surface area contributed by atoms with Gasteiger partial charge in [0.05, 0.1) is 24.1 Å². The van der Waals surface area contributed by atoms with Gasteiger partial charge in [0.15, 0.2) is 0 Å². The number of anilines is 1. The maximum atomic E-state index is 13.0. The van der Waals surface area contributed by atoms with Gasteiger partial charge in [-0.25, -0.2) is 0 Å². The second-order valence-corrected chi connectivity index (χ2v) is 6.25. The fourth-order valence-corrected chi connectivity index (χ4v) is 2.88. The Labute approximate surface area is 157 Å². The Kier molecular flexibility index (Phi) is 5.73. The fraction of sp³-hybridized carbons (Fsp3) is 0.143. The minimum Gasteiger partial charge on any atom is -0.469 e. The van der Waals surface area contributed by atoms with Crippen molar-refractivity contribution in [1.29, 1.82) is 5.26 Å². The first-order valence-corrected chi connectivity index (χ1v) is 8.61. The van der Waals surface area contributed by atoms with Gasteiger partial charge in [0.2, 0.25) is 5.91 Å². The van der Waals surface area contributed by atoms with Crippen molar-refractivity contribution in [1.82, 2.24) is 0 Å². The lowest BCUT2D eigenvalue weighted by atomic mass is 10.1. The number of nitrogens with zero attached hydrogens (tertiary/aromatic N) is 2. The molecule has 5 heteroatoms. The Morgan fingerprint density at radius 1 is 1.12 bits per heavy atom.